The van der Waals surface area contributed by atoms with E-state index in [1.807, 2.05) is 12.1 Å². The van der Waals surface area contributed by atoms with Crippen molar-refractivity contribution in [2.24, 2.45) is 5.41 Å². The molecular formula is C15H19BrClN. The van der Waals surface area contributed by atoms with E-state index in [-0.39, 0.29) is 0 Å². The van der Waals surface area contributed by atoms with Gasteiger partial charge in [-0.2, -0.15) is 0 Å². The summed E-state index contributed by atoms with van der Waals surface area (Å²) in [5.74, 6) is 0. The fourth-order valence-electron chi connectivity index (χ4n) is 3.57. The first-order valence-corrected chi connectivity index (χ1v) is 8.08. The minimum atomic E-state index is 0.573. The van der Waals surface area contributed by atoms with Crippen LogP contribution < -0.4 is 5.32 Å². The summed E-state index contributed by atoms with van der Waals surface area (Å²) < 4.78 is 1.09. The van der Waals surface area contributed by atoms with Crippen LogP contribution in [0.3, 0.4) is 0 Å². The van der Waals surface area contributed by atoms with Gasteiger partial charge >= 0.3 is 0 Å². The molecule has 2 fully saturated rings. The molecule has 98 valence electrons. The number of hydrogen-bond acceptors (Lipinski definition) is 1. The highest BCUT2D eigenvalue weighted by molar-refractivity contribution is 9.10. The third-order valence-corrected chi connectivity index (χ3v) is 5.60. The molecule has 2 saturated carbocycles. The molecule has 0 radical (unpaired) electrons. The second-order valence-electron chi connectivity index (χ2n) is 5.78. The van der Waals surface area contributed by atoms with Gasteiger partial charge in [-0.25, -0.2) is 0 Å². The standard InChI is InChI=1S/C15H19BrClN/c16-11-4-5-12(17)13(10-11)18-14-6-9-15(14)7-2-1-3-8-15/h4-5,10,14,18H,1-3,6-9H2. The predicted octanol–water partition coefficient (Wildman–Crippen LogP) is 5.63. The normalized spacial score (nSPS) is 25.8. The highest BCUT2D eigenvalue weighted by Gasteiger charge is 2.46. The van der Waals surface area contributed by atoms with Gasteiger partial charge in [0.05, 0.1) is 10.7 Å². The van der Waals surface area contributed by atoms with Gasteiger partial charge in [0, 0.05) is 10.5 Å². The topological polar surface area (TPSA) is 12.0 Å². The third-order valence-electron chi connectivity index (χ3n) is 4.78. The molecule has 2 aliphatic carbocycles. The molecule has 1 aromatic carbocycles. The second kappa shape index (κ2) is 5.05. The van der Waals surface area contributed by atoms with Crippen LogP contribution in [0.1, 0.15) is 44.9 Å². The molecule has 2 aliphatic rings. The van der Waals surface area contributed by atoms with E-state index in [0.29, 0.717) is 11.5 Å². The zero-order valence-corrected chi connectivity index (χ0v) is 12.9. The van der Waals surface area contributed by atoms with E-state index in [1.54, 1.807) is 0 Å². The van der Waals surface area contributed by atoms with Gasteiger partial charge < -0.3 is 5.32 Å². The van der Waals surface area contributed by atoms with E-state index in [0.717, 1.165) is 15.2 Å². The Morgan fingerprint density at radius 2 is 1.94 bits per heavy atom. The molecule has 0 heterocycles. The Kier molecular flexibility index (Phi) is 3.59. The molecule has 1 nitrogen and oxygen atoms in total. The molecule has 1 N–H and O–H groups in total. The van der Waals surface area contributed by atoms with Crippen molar-refractivity contribution in [1.29, 1.82) is 0 Å². The lowest BCUT2D eigenvalue weighted by Crippen LogP contribution is -2.50. The lowest BCUT2D eigenvalue weighted by Gasteiger charge is -2.52. The van der Waals surface area contributed by atoms with Crippen molar-refractivity contribution in [2.45, 2.75) is 51.0 Å². The number of anilines is 1. The van der Waals surface area contributed by atoms with Crippen molar-refractivity contribution in [3.63, 3.8) is 0 Å². The minimum Gasteiger partial charge on any atom is -0.381 e. The van der Waals surface area contributed by atoms with Crippen molar-refractivity contribution in [1.82, 2.24) is 0 Å². The van der Waals surface area contributed by atoms with E-state index in [1.165, 1.54) is 44.9 Å². The Morgan fingerprint density at radius 1 is 1.17 bits per heavy atom. The second-order valence-corrected chi connectivity index (χ2v) is 7.11. The van der Waals surface area contributed by atoms with Crippen LogP contribution in [0.2, 0.25) is 5.02 Å². The quantitative estimate of drug-likeness (QED) is 0.742. The molecule has 3 rings (SSSR count). The molecule has 1 aromatic rings. The molecule has 1 spiro atoms. The fraction of sp³-hybridized carbons (Fsp3) is 0.600. The van der Waals surface area contributed by atoms with Gasteiger partial charge in [0.1, 0.15) is 0 Å². The summed E-state index contributed by atoms with van der Waals surface area (Å²) in [5, 5.41) is 4.52. The average Bonchev–Trinajstić information content (AvgIpc) is 2.39. The Labute approximate surface area is 122 Å². The van der Waals surface area contributed by atoms with Gasteiger partial charge in [0.25, 0.3) is 0 Å². The van der Waals surface area contributed by atoms with Crippen LogP contribution in [0.5, 0.6) is 0 Å². The van der Waals surface area contributed by atoms with Crippen molar-refractivity contribution >= 4 is 33.2 Å². The van der Waals surface area contributed by atoms with Crippen molar-refractivity contribution in [2.75, 3.05) is 5.32 Å². The minimum absolute atomic E-state index is 0.573. The molecule has 1 unspecified atom stereocenters. The maximum Gasteiger partial charge on any atom is 0.0638 e. The molecule has 18 heavy (non-hydrogen) atoms. The molecule has 0 aliphatic heterocycles. The number of nitrogens with one attached hydrogen (secondary N) is 1. The summed E-state index contributed by atoms with van der Waals surface area (Å²) in [7, 11) is 0. The first kappa shape index (κ1) is 12.8. The zero-order valence-electron chi connectivity index (χ0n) is 10.5. The van der Waals surface area contributed by atoms with Crippen LogP contribution in [0.4, 0.5) is 5.69 Å². The molecule has 0 bridgehead atoms. The van der Waals surface area contributed by atoms with Crippen LogP contribution in [0.15, 0.2) is 22.7 Å². The van der Waals surface area contributed by atoms with E-state index < -0.39 is 0 Å². The van der Waals surface area contributed by atoms with Crippen LogP contribution in [-0.2, 0) is 0 Å². The zero-order chi connectivity index (χ0) is 12.6. The summed E-state index contributed by atoms with van der Waals surface area (Å²) in [6.45, 7) is 0. The maximum absolute atomic E-state index is 6.27. The number of hydrogen-bond donors (Lipinski definition) is 1. The molecule has 3 heteroatoms. The summed E-state index contributed by atoms with van der Waals surface area (Å²) in [6.07, 6.45) is 9.73. The van der Waals surface area contributed by atoms with Gasteiger partial charge in [-0.05, 0) is 49.3 Å². The van der Waals surface area contributed by atoms with E-state index in [4.69, 9.17) is 11.6 Å². The number of rotatable bonds is 2. The monoisotopic (exact) mass is 327 g/mol. The fourth-order valence-corrected chi connectivity index (χ4v) is 4.11. The average molecular weight is 329 g/mol. The lowest BCUT2D eigenvalue weighted by molar-refractivity contribution is 0.0571. The molecule has 1 atom stereocenters. The van der Waals surface area contributed by atoms with Crippen molar-refractivity contribution < 1.29 is 0 Å². The van der Waals surface area contributed by atoms with E-state index in [9.17, 15) is 0 Å². The van der Waals surface area contributed by atoms with Crippen LogP contribution in [0, 0.1) is 5.41 Å². The van der Waals surface area contributed by atoms with Gasteiger partial charge in [-0.1, -0.05) is 46.8 Å². The highest BCUT2D eigenvalue weighted by Crippen LogP contribution is 2.53. The summed E-state index contributed by atoms with van der Waals surface area (Å²) in [6, 6.07) is 6.67. The Balaban J connectivity index is 1.74. The van der Waals surface area contributed by atoms with Crippen LogP contribution in [-0.4, -0.2) is 6.04 Å². The molecule has 0 aromatic heterocycles. The van der Waals surface area contributed by atoms with E-state index >= 15 is 0 Å². The molecule has 0 amide bonds. The van der Waals surface area contributed by atoms with Crippen LogP contribution >= 0.6 is 27.5 Å². The van der Waals surface area contributed by atoms with E-state index in [2.05, 4.69) is 27.3 Å². The van der Waals surface area contributed by atoms with Gasteiger partial charge in [0.2, 0.25) is 0 Å². The molecule has 0 saturated heterocycles. The first-order chi connectivity index (χ1) is 8.70. The summed E-state index contributed by atoms with van der Waals surface area (Å²) >= 11 is 9.78. The maximum atomic E-state index is 6.27. The van der Waals surface area contributed by atoms with Crippen LogP contribution in [0.25, 0.3) is 0 Å². The predicted molar refractivity (Wildman–Crippen MR) is 81.3 cm³/mol. The lowest BCUT2D eigenvalue weighted by atomic mass is 9.57. The van der Waals surface area contributed by atoms with Gasteiger partial charge in [-0.3, -0.25) is 0 Å². The van der Waals surface area contributed by atoms with Gasteiger partial charge in [0.15, 0.2) is 0 Å². The SMILES string of the molecule is Clc1ccc(Br)cc1NC1CCC12CCCCC2. The Morgan fingerprint density at radius 3 is 2.61 bits per heavy atom. The first-order valence-electron chi connectivity index (χ1n) is 6.91. The highest BCUT2D eigenvalue weighted by atomic mass is 79.9. The Hall–Kier alpha value is -0.210. The summed E-state index contributed by atoms with van der Waals surface area (Å²) in [5.41, 5.74) is 1.66. The molecular weight excluding hydrogens is 310 g/mol. The summed E-state index contributed by atoms with van der Waals surface area (Å²) in [4.78, 5) is 0. The van der Waals surface area contributed by atoms with Crippen molar-refractivity contribution in [3.05, 3.63) is 27.7 Å². The number of halogens is 2. The van der Waals surface area contributed by atoms with Gasteiger partial charge in [-0.15, -0.1) is 0 Å². The third kappa shape index (κ3) is 2.30. The van der Waals surface area contributed by atoms with Crippen molar-refractivity contribution in [3.8, 4) is 0 Å². The smallest absolute Gasteiger partial charge is 0.0638 e. The largest absolute Gasteiger partial charge is 0.381 e. The number of benzene rings is 1. The Bertz CT molecular complexity index is 440.